The van der Waals surface area contributed by atoms with Crippen LogP contribution in [0.15, 0.2) is 24.3 Å². The van der Waals surface area contributed by atoms with Crippen LogP contribution in [0.1, 0.15) is 25.0 Å². The maximum atomic E-state index is 9.99. The van der Waals surface area contributed by atoms with Crippen LogP contribution in [0.5, 0.6) is 5.75 Å². The third-order valence-electron chi connectivity index (χ3n) is 3.93. The molecule has 0 unspecified atom stereocenters. The highest BCUT2D eigenvalue weighted by Gasteiger charge is 2.14. The minimum atomic E-state index is -0.435. The summed E-state index contributed by atoms with van der Waals surface area (Å²) in [7, 11) is 2.16. The molecule has 1 fully saturated rings. The molecule has 1 aliphatic heterocycles. The maximum Gasteiger partial charge on any atom is 0.125 e. The fraction of sp³-hybridized carbons (Fsp3) is 0.625. The second kappa shape index (κ2) is 7.62. The highest BCUT2D eigenvalue weighted by molar-refractivity contribution is 5.34. The maximum absolute atomic E-state index is 9.99. The number of rotatable bonds is 6. The number of piperazine rings is 1. The molecule has 112 valence electrons. The Balaban J connectivity index is 1.82. The van der Waals surface area contributed by atoms with Gasteiger partial charge in [0, 0.05) is 38.3 Å². The van der Waals surface area contributed by atoms with E-state index in [0.717, 1.165) is 44.0 Å². The zero-order valence-electron chi connectivity index (χ0n) is 12.6. The van der Waals surface area contributed by atoms with Crippen LogP contribution < -0.4 is 4.74 Å². The Morgan fingerprint density at radius 3 is 2.60 bits per heavy atom. The van der Waals surface area contributed by atoms with Crippen molar-refractivity contribution in [3.8, 4) is 5.75 Å². The van der Waals surface area contributed by atoms with Gasteiger partial charge in [-0.1, -0.05) is 25.1 Å². The zero-order valence-corrected chi connectivity index (χ0v) is 12.6. The Labute approximate surface area is 122 Å². The van der Waals surface area contributed by atoms with Crippen molar-refractivity contribution in [1.82, 2.24) is 9.80 Å². The van der Waals surface area contributed by atoms with E-state index in [9.17, 15) is 5.11 Å². The average molecular weight is 278 g/mol. The number of hydrogen-bond acceptors (Lipinski definition) is 4. The number of aliphatic hydroxyl groups excluding tert-OH is 1. The zero-order chi connectivity index (χ0) is 14.4. The van der Waals surface area contributed by atoms with Crippen LogP contribution >= 0.6 is 0 Å². The van der Waals surface area contributed by atoms with Crippen LogP contribution in [0.2, 0.25) is 0 Å². The molecule has 20 heavy (non-hydrogen) atoms. The van der Waals surface area contributed by atoms with Crippen molar-refractivity contribution in [2.24, 2.45) is 0 Å². The molecule has 1 aromatic carbocycles. The predicted molar refractivity (Wildman–Crippen MR) is 81.1 cm³/mol. The van der Waals surface area contributed by atoms with E-state index in [2.05, 4.69) is 16.8 Å². The molecule has 1 N–H and O–H groups in total. The molecule has 1 aliphatic rings. The molecule has 1 saturated heterocycles. The van der Waals surface area contributed by atoms with Crippen molar-refractivity contribution in [3.05, 3.63) is 29.8 Å². The summed E-state index contributed by atoms with van der Waals surface area (Å²) in [5, 5.41) is 9.99. The third-order valence-corrected chi connectivity index (χ3v) is 3.93. The van der Waals surface area contributed by atoms with Crippen LogP contribution in [-0.4, -0.2) is 61.3 Å². The summed E-state index contributed by atoms with van der Waals surface area (Å²) < 4.78 is 5.87. The van der Waals surface area contributed by atoms with E-state index in [1.165, 1.54) is 0 Å². The van der Waals surface area contributed by atoms with Crippen molar-refractivity contribution in [3.63, 3.8) is 0 Å². The first-order valence-corrected chi connectivity index (χ1v) is 7.51. The first kappa shape index (κ1) is 15.3. The highest BCUT2D eigenvalue weighted by atomic mass is 16.5. The molecule has 0 spiro atoms. The second-order valence-electron chi connectivity index (χ2n) is 5.46. The van der Waals surface area contributed by atoms with Crippen LogP contribution in [-0.2, 0) is 0 Å². The normalized spacial score (nSPS) is 18.9. The molecule has 0 aromatic heterocycles. The van der Waals surface area contributed by atoms with Gasteiger partial charge in [0.2, 0.25) is 0 Å². The lowest BCUT2D eigenvalue weighted by Gasteiger charge is -2.32. The van der Waals surface area contributed by atoms with Gasteiger partial charge in [0.05, 0.1) is 6.10 Å². The number of likely N-dealkylation sites (N-methyl/N-ethyl adjacent to an activating group) is 1. The van der Waals surface area contributed by atoms with Crippen LogP contribution in [0.25, 0.3) is 0 Å². The van der Waals surface area contributed by atoms with Crippen molar-refractivity contribution in [2.75, 3.05) is 46.4 Å². The number of nitrogens with zero attached hydrogens (tertiary/aromatic N) is 2. The summed E-state index contributed by atoms with van der Waals surface area (Å²) in [6.45, 7) is 8.09. The molecule has 0 aliphatic carbocycles. The summed E-state index contributed by atoms with van der Waals surface area (Å²) in [4.78, 5) is 4.78. The van der Waals surface area contributed by atoms with Gasteiger partial charge in [-0.05, 0) is 19.5 Å². The molecule has 0 saturated carbocycles. The molecule has 1 aromatic rings. The van der Waals surface area contributed by atoms with E-state index in [1.54, 1.807) is 0 Å². The van der Waals surface area contributed by atoms with E-state index in [-0.39, 0.29) is 0 Å². The average Bonchev–Trinajstić information content (AvgIpc) is 2.49. The van der Waals surface area contributed by atoms with Gasteiger partial charge in [-0.2, -0.15) is 0 Å². The monoisotopic (exact) mass is 278 g/mol. The van der Waals surface area contributed by atoms with E-state index < -0.39 is 6.10 Å². The van der Waals surface area contributed by atoms with Gasteiger partial charge in [-0.15, -0.1) is 0 Å². The van der Waals surface area contributed by atoms with Gasteiger partial charge in [0.1, 0.15) is 12.4 Å². The van der Waals surface area contributed by atoms with Crippen molar-refractivity contribution in [1.29, 1.82) is 0 Å². The number of benzene rings is 1. The first-order valence-electron chi connectivity index (χ1n) is 7.51. The number of hydrogen-bond donors (Lipinski definition) is 1. The molecule has 0 bridgehead atoms. The first-order chi connectivity index (χ1) is 9.70. The van der Waals surface area contributed by atoms with Crippen molar-refractivity contribution >= 4 is 0 Å². The summed E-state index contributed by atoms with van der Waals surface area (Å²) in [5.41, 5.74) is 0.897. The lowest BCUT2D eigenvalue weighted by molar-refractivity contribution is 0.130. The van der Waals surface area contributed by atoms with Crippen LogP contribution in [0, 0.1) is 0 Å². The molecule has 1 atom stereocenters. The van der Waals surface area contributed by atoms with Gasteiger partial charge >= 0.3 is 0 Å². The van der Waals surface area contributed by atoms with Gasteiger partial charge in [0.25, 0.3) is 0 Å². The lowest BCUT2D eigenvalue weighted by Crippen LogP contribution is -2.45. The highest BCUT2D eigenvalue weighted by Crippen LogP contribution is 2.26. The summed E-state index contributed by atoms with van der Waals surface area (Å²) in [5.74, 6) is 0.816. The standard InChI is InChI=1S/C16H26N2O2/c1-3-15(19)14-6-4-5-7-16(14)20-13-12-18-10-8-17(2)9-11-18/h4-7,15,19H,3,8-13H2,1-2H3/t15-/m1/s1. The second-order valence-corrected chi connectivity index (χ2v) is 5.46. The number of ether oxygens (including phenoxy) is 1. The minimum Gasteiger partial charge on any atom is -0.492 e. The van der Waals surface area contributed by atoms with Crippen LogP contribution in [0.3, 0.4) is 0 Å². The molecular weight excluding hydrogens is 252 g/mol. The fourth-order valence-corrected chi connectivity index (χ4v) is 2.46. The predicted octanol–water partition coefficient (Wildman–Crippen LogP) is 1.76. The largest absolute Gasteiger partial charge is 0.492 e. The van der Waals surface area contributed by atoms with Crippen molar-refractivity contribution in [2.45, 2.75) is 19.4 Å². The molecule has 0 amide bonds. The Bertz CT molecular complexity index is 403. The number of para-hydroxylation sites is 1. The molecular formula is C16H26N2O2. The van der Waals surface area contributed by atoms with Gasteiger partial charge in [-0.25, -0.2) is 0 Å². The van der Waals surface area contributed by atoms with E-state index in [1.807, 2.05) is 31.2 Å². The molecule has 0 radical (unpaired) electrons. The quantitative estimate of drug-likeness (QED) is 0.860. The topological polar surface area (TPSA) is 35.9 Å². The number of aliphatic hydroxyl groups is 1. The summed E-state index contributed by atoms with van der Waals surface area (Å²) >= 11 is 0. The van der Waals surface area contributed by atoms with E-state index in [0.29, 0.717) is 13.0 Å². The Hall–Kier alpha value is -1.10. The smallest absolute Gasteiger partial charge is 0.125 e. The lowest BCUT2D eigenvalue weighted by atomic mass is 10.1. The van der Waals surface area contributed by atoms with Crippen molar-refractivity contribution < 1.29 is 9.84 Å². The molecule has 1 heterocycles. The minimum absolute atomic E-state index is 0.435. The molecule has 4 heteroatoms. The van der Waals surface area contributed by atoms with Gasteiger partial charge in [-0.3, -0.25) is 4.90 Å². The Morgan fingerprint density at radius 2 is 1.90 bits per heavy atom. The Kier molecular flexibility index (Phi) is 5.83. The fourth-order valence-electron chi connectivity index (χ4n) is 2.46. The summed E-state index contributed by atoms with van der Waals surface area (Å²) in [6.07, 6.45) is 0.272. The third kappa shape index (κ3) is 4.20. The van der Waals surface area contributed by atoms with Gasteiger partial charge in [0.15, 0.2) is 0 Å². The Morgan fingerprint density at radius 1 is 1.20 bits per heavy atom. The van der Waals surface area contributed by atoms with E-state index >= 15 is 0 Å². The molecule has 4 nitrogen and oxygen atoms in total. The molecule has 2 rings (SSSR count). The van der Waals surface area contributed by atoms with Gasteiger partial charge < -0.3 is 14.7 Å². The van der Waals surface area contributed by atoms with E-state index in [4.69, 9.17) is 4.74 Å². The summed E-state index contributed by atoms with van der Waals surface area (Å²) in [6, 6.07) is 7.79. The van der Waals surface area contributed by atoms with Crippen LogP contribution in [0.4, 0.5) is 0 Å². The SMILES string of the molecule is CC[C@@H](O)c1ccccc1OCCN1CCN(C)CC1.